The summed E-state index contributed by atoms with van der Waals surface area (Å²) in [6, 6.07) is 18.5. The zero-order valence-corrected chi connectivity index (χ0v) is 22.8. The van der Waals surface area contributed by atoms with Crippen LogP contribution in [0.25, 0.3) is 0 Å². The quantitative estimate of drug-likeness (QED) is 0.463. The standard InChI is InChI=1S/C30H31F3N6O3/c31-30(32,33)27-24(17-35-36-28(27)40)39-18-21-6-1-2-9-23(21)25(39)19-42-22-8-5-7-20(16-22)29(41)38-14-12-37(13-15-38)26-10-3-4-11-34-26/h1-11,16,24-25,27,35H,12-15,17-19H2,(H,36,40)/t24?,25-,27?/m0/s1. The monoisotopic (exact) mass is 580 g/mol. The molecule has 4 heterocycles. The topological polar surface area (TPSA) is 90.0 Å². The van der Waals surface area contributed by atoms with Gasteiger partial charge < -0.3 is 14.5 Å². The fourth-order valence-electron chi connectivity index (χ4n) is 6.07. The molecular weight excluding hydrogens is 549 g/mol. The maximum atomic E-state index is 14.0. The van der Waals surface area contributed by atoms with E-state index in [2.05, 4.69) is 20.7 Å². The van der Waals surface area contributed by atoms with Gasteiger partial charge in [-0.1, -0.05) is 36.4 Å². The lowest BCUT2D eigenvalue weighted by Crippen LogP contribution is -2.64. The number of amides is 2. The summed E-state index contributed by atoms with van der Waals surface area (Å²) in [5, 5.41) is 0. The molecule has 3 aliphatic heterocycles. The summed E-state index contributed by atoms with van der Waals surface area (Å²) in [6.07, 6.45) is -2.95. The first-order valence-corrected chi connectivity index (χ1v) is 13.9. The molecule has 12 heteroatoms. The zero-order valence-electron chi connectivity index (χ0n) is 22.8. The second kappa shape index (κ2) is 11.6. The third-order valence-corrected chi connectivity index (χ3v) is 8.17. The van der Waals surface area contributed by atoms with Crippen LogP contribution >= 0.6 is 0 Å². The van der Waals surface area contributed by atoms with Crippen LogP contribution in [0.15, 0.2) is 72.9 Å². The molecule has 2 fully saturated rings. The smallest absolute Gasteiger partial charge is 0.402 e. The van der Waals surface area contributed by atoms with Crippen LogP contribution in [0.4, 0.5) is 19.0 Å². The maximum absolute atomic E-state index is 14.0. The molecule has 3 aliphatic rings. The van der Waals surface area contributed by atoms with Crippen molar-refractivity contribution in [2.24, 2.45) is 5.92 Å². The second-order valence-electron chi connectivity index (χ2n) is 10.6. The number of nitrogens with one attached hydrogen (secondary N) is 2. The van der Waals surface area contributed by atoms with E-state index in [-0.39, 0.29) is 25.6 Å². The highest BCUT2D eigenvalue weighted by Crippen LogP contribution is 2.41. The van der Waals surface area contributed by atoms with Gasteiger partial charge in [0.05, 0.1) is 6.04 Å². The van der Waals surface area contributed by atoms with Gasteiger partial charge >= 0.3 is 6.18 Å². The highest BCUT2D eigenvalue weighted by molar-refractivity contribution is 5.94. The van der Waals surface area contributed by atoms with Crippen LogP contribution in [0.3, 0.4) is 0 Å². The van der Waals surface area contributed by atoms with Crippen LogP contribution in [0.2, 0.25) is 0 Å². The molecule has 3 atom stereocenters. The van der Waals surface area contributed by atoms with Crippen molar-refractivity contribution in [2.45, 2.75) is 24.8 Å². The molecule has 2 N–H and O–H groups in total. The predicted octanol–water partition coefficient (Wildman–Crippen LogP) is 3.16. The SMILES string of the molecule is O=C1NNCC(N2Cc3ccccc3[C@@H]2COc2cccc(C(=O)N3CCN(c4ccccn4)CC3)c2)C1C(F)(F)F. The first-order valence-electron chi connectivity index (χ1n) is 13.9. The van der Waals surface area contributed by atoms with Gasteiger partial charge in [0.2, 0.25) is 5.91 Å². The number of hydrogen-bond acceptors (Lipinski definition) is 7. The summed E-state index contributed by atoms with van der Waals surface area (Å²) in [6.45, 7) is 2.71. The van der Waals surface area contributed by atoms with E-state index >= 15 is 0 Å². The molecule has 0 spiro atoms. The largest absolute Gasteiger partial charge is 0.492 e. The van der Waals surface area contributed by atoms with Crippen LogP contribution < -0.4 is 20.5 Å². The molecule has 3 aromatic rings. The summed E-state index contributed by atoms with van der Waals surface area (Å²) >= 11 is 0. The number of nitrogens with zero attached hydrogens (tertiary/aromatic N) is 4. The van der Waals surface area contributed by atoms with Gasteiger partial charge in [-0.3, -0.25) is 19.9 Å². The molecule has 1 aromatic heterocycles. The molecule has 2 saturated heterocycles. The first kappa shape index (κ1) is 28.0. The Bertz CT molecular complexity index is 1430. The Hall–Kier alpha value is -4.16. The van der Waals surface area contributed by atoms with Gasteiger partial charge in [0.1, 0.15) is 18.2 Å². The van der Waals surface area contributed by atoms with E-state index < -0.39 is 30.1 Å². The molecule has 0 radical (unpaired) electrons. The van der Waals surface area contributed by atoms with Crippen molar-refractivity contribution in [3.63, 3.8) is 0 Å². The van der Waals surface area contributed by atoms with Gasteiger partial charge in [-0.2, -0.15) is 13.2 Å². The number of halogens is 3. The van der Waals surface area contributed by atoms with Crippen molar-refractivity contribution >= 4 is 17.6 Å². The normalized spacial score (nSPS) is 22.9. The number of hydrazine groups is 1. The summed E-state index contributed by atoms with van der Waals surface area (Å²) in [4.78, 5) is 35.6. The minimum atomic E-state index is -4.70. The van der Waals surface area contributed by atoms with Crippen molar-refractivity contribution < 1.29 is 27.5 Å². The highest BCUT2D eigenvalue weighted by atomic mass is 19.4. The van der Waals surface area contributed by atoms with E-state index in [0.29, 0.717) is 37.5 Å². The number of carbonyl (C=O) groups excluding carboxylic acids is 2. The molecule has 2 unspecified atom stereocenters. The Morgan fingerprint density at radius 1 is 1.00 bits per heavy atom. The Labute approximate surface area is 241 Å². The van der Waals surface area contributed by atoms with E-state index in [0.717, 1.165) is 16.9 Å². The van der Waals surface area contributed by atoms with Crippen LogP contribution in [0.1, 0.15) is 27.5 Å². The van der Waals surface area contributed by atoms with Crippen molar-refractivity contribution in [1.82, 2.24) is 25.6 Å². The number of piperazine rings is 1. The predicted molar refractivity (Wildman–Crippen MR) is 148 cm³/mol. The summed E-state index contributed by atoms with van der Waals surface area (Å²) in [7, 11) is 0. The van der Waals surface area contributed by atoms with Crippen LogP contribution in [0, 0.1) is 5.92 Å². The minimum absolute atomic E-state index is 0.0557. The molecule has 6 rings (SSSR count). The van der Waals surface area contributed by atoms with E-state index in [1.807, 2.05) is 42.5 Å². The number of rotatable bonds is 6. The van der Waals surface area contributed by atoms with Gasteiger partial charge in [-0.25, -0.2) is 10.4 Å². The third-order valence-electron chi connectivity index (χ3n) is 8.17. The average molecular weight is 581 g/mol. The van der Waals surface area contributed by atoms with Gasteiger partial charge in [-0.15, -0.1) is 0 Å². The molecule has 0 bridgehead atoms. The lowest BCUT2D eigenvalue weighted by atomic mass is 9.94. The lowest BCUT2D eigenvalue weighted by molar-refractivity contribution is -0.202. The molecule has 2 amide bonds. The van der Waals surface area contributed by atoms with Crippen molar-refractivity contribution in [2.75, 3.05) is 44.2 Å². The molecule has 9 nitrogen and oxygen atoms in total. The highest BCUT2D eigenvalue weighted by Gasteiger charge is 2.55. The third kappa shape index (κ3) is 5.64. The number of carbonyl (C=O) groups is 2. The summed E-state index contributed by atoms with van der Waals surface area (Å²) in [5.41, 5.74) is 6.99. The fraction of sp³-hybridized carbons (Fsp3) is 0.367. The number of aromatic nitrogens is 1. The number of anilines is 1. The Morgan fingerprint density at radius 2 is 1.79 bits per heavy atom. The Balaban J connectivity index is 1.15. The molecule has 0 saturated carbocycles. The van der Waals surface area contributed by atoms with Crippen LogP contribution in [-0.4, -0.2) is 78.1 Å². The lowest BCUT2D eigenvalue weighted by Gasteiger charge is -2.40. The zero-order chi connectivity index (χ0) is 29.3. The van der Waals surface area contributed by atoms with E-state index in [1.54, 1.807) is 40.3 Å². The molecule has 220 valence electrons. The van der Waals surface area contributed by atoms with Gasteiger partial charge in [-0.05, 0) is 41.5 Å². The van der Waals surface area contributed by atoms with Gasteiger partial charge in [0.25, 0.3) is 5.91 Å². The Morgan fingerprint density at radius 3 is 2.55 bits per heavy atom. The molecular formula is C30H31F3N6O3. The van der Waals surface area contributed by atoms with Gasteiger partial charge in [0, 0.05) is 57.1 Å². The van der Waals surface area contributed by atoms with Crippen LogP contribution in [-0.2, 0) is 11.3 Å². The molecule has 42 heavy (non-hydrogen) atoms. The second-order valence-corrected chi connectivity index (χ2v) is 10.6. The van der Waals surface area contributed by atoms with E-state index in [1.165, 1.54) is 0 Å². The van der Waals surface area contributed by atoms with E-state index in [4.69, 9.17) is 4.74 Å². The maximum Gasteiger partial charge on any atom is 0.402 e. The number of benzene rings is 2. The van der Waals surface area contributed by atoms with E-state index in [9.17, 15) is 22.8 Å². The Kier molecular flexibility index (Phi) is 7.74. The molecule has 0 aliphatic carbocycles. The van der Waals surface area contributed by atoms with Crippen molar-refractivity contribution in [3.05, 3.63) is 89.6 Å². The van der Waals surface area contributed by atoms with Crippen LogP contribution in [0.5, 0.6) is 5.75 Å². The summed E-state index contributed by atoms with van der Waals surface area (Å²) in [5.74, 6) is -2.05. The molecule has 2 aromatic carbocycles. The average Bonchev–Trinajstić information content (AvgIpc) is 3.38. The fourth-order valence-corrected chi connectivity index (χ4v) is 6.07. The van der Waals surface area contributed by atoms with Crippen molar-refractivity contribution in [3.8, 4) is 5.75 Å². The number of alkyl halides is 3. The summed E-state index contributed by atoms with van der Waals surface area (Å²) < 4.78 is 48.1. The number of hydrogen-bond donors (Lipinski definition) is 2. The number of fused-ring (bicyclic) bond motifs is 1. The van der Waals surface area contributed by atoms with Crippen molar-refractivity contribution in [1.29, 1.82) is 0 Å². The number of pyridine rings is 1. The number of ether oxygens (including phenoxy) is 1. The first-order chi connectivity index (χ1) is 20.3. The minimum Gasteiger partial charge on any atom is -0.492 e. The van der Waals surface area contributed by atoms with Gasteiger partial charge in [0.15, 0.2) is 5.92 Å².